The highest BCUT2D eigenvalue weighted by Crippen LogP contribution is 2.50. The molecule has 2 unspecified atom stereocenters. The summed E-state index contributed by atoms with van der Waals surface area (Å²) in [6, 6.07) is 3.61. The van der Waals surface area contributed by atoms with Crippen LogP contribution in [0.5, 0.6) is 11.5 Å². The Morgan fingerprint density at radius 1 is 1.22 bits per heavy atom. The van der Waals surface area contributed by atoms with Crippen LogP contribution in [0.1, 0.15) is 58.3 Å². The number of hydrogen-bond donors (Lipinski definition) is 0. The Hall–Kier alpha value is -2.57. The first-order valence-corrected chi connectivity index (χ1v) is 9.03. The van der Waals surface area contributed by atoms with Crippen molar-refractivity contribution in [3.05, 3.63) is 23.3 Å². The van der Waals surface area contributed by atoms with Gasteiger partial charge in [0.25, 0.3) is 0 Å². The summed E-state index contributed by atoms with van der Waals surface area (Å²) in [5.41, 5.74) is 0.298. The van der Waals surface area contributed by atoms with E-state index >= 15 is 0 Å². The van der Waals surface area contributed by atoms with Crippen molar-refractivity contribution in [1.82, 2.24) is 0 Å². The van der Waals surface area contributed by atoms with Crippen molar-refractivity contribution in [1.29, 1.82) is 0 Å². The highest BCUT2D eigenvalue weighted by Gasteiger charge is 2.51. The van der Waals surface area contributed by atoms with Crippen LogP contribution < -0.4 is 9.47 Å². The number of rotatable bonds is 4. The fourth-order valence-electron chi connectivity index (χ4n) is 3.38. The number of benzene rings is 1. The van der Waals surface area contributed by atoms with Gasteiger partial charge in [-0.15, -0.1) is 0 Å². The van der Waals surface area contributed by atoms with Gasteiger partial charge in [-0.1, -0.05) is 19.9 Å². The third kappa shape index (κ3) is 3.63. The van der Waals surface area contributed by atoms with Crippen LogP contribution in [0.4, 0.5) is 0 Å². The highest BCUT2D eigenvalue weighted by molar-refractivity contribution is 5.78. The molecule has 27 heavy (non-hydrogen) atoms. The minimum atomic E-state index is -1.07. The fraction of sp³-hybridized carbons (Fsp3) is 0.550. The van der Waals surface area contributed by atoms with Gasteiger partial charge >= 0.3 is 17.9 Å². The lowest BCUT2D eigenvalue weighted by Crippen LogP contribution is -2.46. The van der Waals surface area contributed by atoms with Crippen LogP contribution in [-0.4, -0.2) is 29.6 Å². The van der Waals surface area contributed by atoms with Gasteiger partial charge in [0.1, 0.15) is 17.1 Å². The molecule has 2 aliphatic rings. The topological polar surface area (TPSA) is 88.1 Å². The molecule has 2 aliphatic heterocycles. The highest BCUT2D eigenvalue weighted by atomic mass is 16.6. The Bertz CT molecular complexity index is 794. The van der Waals surface area contributed by atoms with Crippen molar-refractivity contribution in [2.45, 2.75) is 65.3 Å². The molecule has 2 heterocycles. The van der Waals surface area contributed by atoms with Crippen LogP contribution in [0.15, 0.2) is 12.1 Å². The summed E-state index contributed by atoms with van der Waals surface area (Å²) in [5, 5.41) is 0. The maximum Gasteiger partial charge on any atom is 0.311 e. The molecule has 0 radical (unpaired) electrons. The van der Waals surface area contributed by atoms with E-state index in [0.29, 0.717) is 29.9 Å². The normalized spacial score (nSPS) is 21.0. The van der Waals surface area contributed by atoms with Gasteiger partial charge in [0.15, 0.2) is 12.2 Å². The first-order chi connectivity index (χ1) is 12.6. The molecule has 2 atom stereocenters. The first kappa shape index (κ1) is 19.2. The molecular weight excluding hydrogens is 352 g/mol. The lowest BCUT2D eigenvalue weighted by molar-refractivity contribution is -0.177. The van der Waals surface area contributed by atoms with Crippen molar-refractivity contribution in [3.8, 4) is 11.5 Å². The third-order valence-corrected chi connectivity index (χ3v) is 4.67. The molecule has 0 aliphatic carbocycles. The number of fused-ring (bicyclic) bond motifs is 3. The second kappa shape index (κ2) is 6.87. The number of ether oxygens (including phenoxy) is 4. The molecule has 3 rings (SSSR count). The number of aryl methyl sites for hydroxylation is 1. The molecule has 7 nitrogen and oxygen atoms in total. The van der Waals surface area contributed by atoms with Gasteiger partial charge in [-0.05, 0) is 31.9 Å². The maximum atomic E-state index is 12.3. The lowest BCUT2D eigenvalue weighted by atomic mass is 9.91. The molecule has 0 fully saturated rings. The molecular formula is C20H24O7. The van der Waals surface area contributed by atoms with Crippen molar-refractivity contribution in [3.63, 3.8) is 0 Å². The van der Waals surface area contributed by atoms with Gasteiger partial charge < -0.3 is 18.9 Å². The molecule has 0 saturated heterocycles. The molecule has 1 aromatic rings. The Morgan fingerprint density at radius 2 is 1.93 bits per heavy atom. The largest absolute Gasteiger partial charge is 0.481 e. The van der Waals surface area contributed by atoms with Gasteiger partial charge in [0, 0.05) is 6.92 Å². The lowest BCUT2D eigenvalue weighted by Gasteiger charge is -2.33. The second-order valence-electron chi connectivity index (χ2n) is 7.69. The zero-order chi connectivity index (χ0) is 19.9. The average Bonchev–Trinajstić information content (AvgIpc) is 2.93. The SMILES string of the molecule is CC(=O)OC(C)(C)C1Oc2ccc3c(c2C1OC(=O)C(C)C)OC(=O)CC3. The van der Waals surface area contributed by atoms with Crippen LogP contribution in [0, 0.1) is 5.92 Å². The average molecular weight is 376 g/mol. The predicted molar refractivity (Wildman–Crippen MR) is 94.3 cm³/mol. The van der Waals surface area contributed by atoms with Gasteiger partial charge in [0.05, 0.1) is 17.9 Å². The standard InChI is InChI=1S/C20H24O7/c1-10(2)19(23)26-17-15-13(24-18(17)20(4,5)27-11(3)21)8-6-12-7-9-14(22)25-16(12)15/h6,8,10,17-18H,7,9H2,1-5H3. The molecule has 1 aromatic carbocycles. The third-order valence-electron chi connectivity index (χ3n) is 4.67. The van der Waals surface area contributed by atoms with Crippen molar-refractivity contribution < 1.29 is 33.3 Å². The minimum absolute atomic E-state index is 0.297. The molecule has 146 valence electrons. The van der Waals surface area contributed by atoms with E-state index in [-0.39, 0.29) is 11.9 Å². The predicted octanol–water partition coefficient (Wildman–Crippen LogP) is 2.88. The molecule has 7 heteroatoms. The van der Waals surface area contributed by atoms with E-state index in [1.165, 1.54) is 6.92 Å². The molecule has 0 saturated carbocycles. The van der Waals surface area contributed by atoms with Gasteiger partial charge in [-0.25, -0.2) is 0 Å². The Kier molecular flexibility index (Phi) is 4.88. The summed E-state index contributed by atoms with van der Waals surface area (Å²) in [6.07, 6.45) is -0.785. The fourth-order valence-corrected chi connectivity index (χ4v) is 3.38. The van der Waals surface area contributed by atoms with Crippen LogP contribution in [0.25, 0.3) is 0 Å². The summed E-state index contributed by atoms with van der Waals surface area (Å²) in [6.45, 7) is 8.15. The number of hydrogen-bond acceptors (Lipinski definition) is 7. The smallest absolute Gasteiger partial charge is 0.311 e. The maximum absolute atomic E-state index is 12.3. The summed E-state index contributed by atoms with van der Waals surface area (Å²) < 4.78 is 22.7. The Labute approximate surface area is 157 Å². The van der Waals surface area contributed by atoms with E-state index in [1.807, 2.05) is 6.07 Å². The van der Waals surface area contributed by atoms with E-state index < -0.39 is 29.7 Å². The van der Waals surface area contributed by atoms with E-state index in [4.69, 9.17) is 18.9 Å². The second-order valence-corrected chi connectivity index (χ2v) is 7.69. The van der Waals surface area contributed by atoms with Crippen LogP contribution in [0.2, 0.25) is 0 Å². The molecule has 0 N–H and O–H groups in total. The Morgan fingerprint density at radius 3 is 2.56 bits per heavy atom. The summed E-state index contributed by atoms with van der Waals surface area (Å²) >= 11 is 0. The van der Waals surface area contributed by atoms with Crippen LogP contribution in [0.3, 0.4) is 0 Å². The summed E-state index contributed by atoms with van der Waals surface area (Å²) in [4.78, 5) is 35.7. The monoisotopic (exact) mass is 376 g/mol. The number of carbonyl (C=O) groups excluding carboxylic acids is 3. The van der Waals surface area contributed by atoms with Crippen LogP contribution in [-0.2, 0) is 30.3 Å². The van der Waals surface area contributed by atoms with E-state index in [2.05, 4.69) is 0 Å². The van der Waals surface area contributed by atoms with E-state index in [0.717, 1.165) is 5.56 Å². The minimum Gasteiger partial charge on any atom is -0.481 e. The molecule has 0 aromatic heterocycles. The molecule has 0 spiro atoms. The van der Waals surface area contributed by atoms with Crippen molar-refractivity contribution in [2.75, 3.05) is 0 Å². The van der Waals surface area contributed by atoms with E-state index in [1.54, 1.807) is 33.8 Å². The van der Waals surface area contributed by atoms with Gasteiger partial charge in [0.2, 0.25) is 0 Å². The quantitative estimate of drug-likeness (QED) is 0.590. The first-order valence-electron chi connectivity index (χ1n) is 9.03. The van der Waals surface area contributed by atoms with E-state index in [9.17, 15) is 14.4 Å². The number of carbonyl (C=O) groups is 3. The van der Waals surface area contributed by atoms with Crippen molar-refractivity contribution >= 4 is 17.9 Å². The molecule has 0 bridgehead atoms. The van der Waals surface area contributed by atoms with Gasteiger partial charge in [-0.2, -0.15) is 0 Å². The summed E-state index contributed by atoms with van der Waals surface area (Å²) in [7, 11) is 0. The molecule has 0 amide bonds. The zero-order valence-corrected chi connectivity index (χ0v) is 16.2. The summed E-state index contributed by atoms with van der Waals surface area (Å²) in [5.74, 6) is -0.746. The van der Waals surface area contributed by atoms with Gasteiger partial charge in [-0.3, -0.25) is 14.4 Å². The Balaban J connectivity index is 2.06. The number of esters is 3. The van der Waals surface area contributed by atoms with Crippen molar-refractivity contribution in [2.24, 2.45) is 5.92 Å². The zero-order valence-electron chi connectivity index (χ0n) is 16.2. The van der Waals surface area contributed by atoms with Crippen LogP contribution >= 0.6 is 0 Å².